The van der Waals surface area contributed by atoms with Crippen LogP contribution in [0.2, 0.25) is 5.15 Å². The minimum Gasteiger partial charge on any atom is -0.256 e. The van der Waals surface area contributed by atoms with Gasteiger partial charge >= 0.3 is 0 Å². The predicted octanol–water partition coefficient (Wildman–Crippen LogP) is 2.99. The van der Waals surface area contributed by atoms with Gasteiger partial charge in [-0.25, -0.2) is 0 Å². The van der Waals surface area contributed by atoms with E-state index in [-0.39, 0.29) is 0 Å². The van der Waals surface area contributed by atoms with Crippen LogP contribution >= 0.6 is 11.6 Å². The molecular formula is C14H8ClN5. The van der Waals surface area contributed by atoms with Gasteiger partial charge in [-0.05, 0) is 36.4 Å². The third-order valence-electron chi connectivity index (χ3n) is 3.09. The molecule has 0 atom stereocenters. The summed E-state index contributed by atoms with van der Waals surface area (Å²) in [6, 6.07) is 13.3. The fraction of sp³-hybridized carbons (Fsp3) is 0. The van der Waals surface area contributed by atoms with Crippen LogP contribution in [0.4, 0.5) is 0 Å². The van der Waals surface area contributed by atoms with Gasteiger partial charge in [0.25, 0.3) is 0 Å². The van der Waals surface area contributed by atoms with Gasteiger partial charge in [0.1, 0.15) is 5.15 Å². The standard InChI is InChI=1S/C14H8ClN5/c15-12-5-6-13-17-18-14(20(13)19-12)10-3-4-11-9(8-10)2-1-7-16-11/h1-8H. The highest BCUT2D eigenvalue weighted by Gasteiger charge is 2.10. The Balaban J connectivity index is 1.98. The normalized spacial score (nSPS) is 11.2. The number of hydrogen-bond donors (Lipinski definition) is 0. The highest BCUT2D eigenvalue weighted by Crippen LogP contribution is 2.22. The van der Waals surface area contributed by atoms with Crippen LogP contribution in [-0.2, 0) is 0 Å². The van der Waals surface area contributed by atoms with Crippen molar-refractivity contribution >= 4 is 28.2 Å². The molecule has 0 bridgehead atoms. The fourth-order valence-electron chi connectivity index (χ4n) is 2.16. The minimum atomic E-state index is 0.404. The van der Waals surface area contributed by atoms with E-state index in [0.29, 0.717) is 16.6 Å². The van der Waals surface area contributed by atoms with E-state index in [9.17, 15) is 0 Å². The zero-order valence-electron chi connectivity index (χ0n) is 10.2. The Kier molecular flexibility index (Phi) is 2.40. The molecule has 0 fully saturated rings. The Hall–Kier alpha value is -2.53. The number of aromatic nitrogens is 5. The lowest BCUT2D eigenvalue weighted by atomic mass is 10.1. The second kappa shape index (κ2) is 4.25. The first kappa shape index (κ1) is 11.3. The van der Waals surface area contributed by atoms with E-state index in [2.05, 4.69) is 20.3 Å². The summed E-state index contributed by atoms with van der Waals surface area (Å²) in [6.45, 7) is 0. The van der Waals surface area contributed by atoms with Gasteiger partial charge in [-0.15, -0.1) is 10.2 Å². The summed E-state index contributed by atoms with van der Waals surface area (Å²) in [4.78, 5) is 4.30. The lowest BCUT2D eigenvalue weighted by Gasteiger charge is -2.01. The SMILES string of the molecule is Clc1ccc2nnc(-c3ccc4ncccc4c3)n2n1. The van der Waals surface area contributed by atoms with Crippen LogP contribution in [0.3, 0.4) is 0 Å². The molecule has 0 aliphatic carbocycles. The molecule has 1 aromatic carbocycles. The van der Waals surface area contributed by atoms with Crippen molar-refractivity contribution in [1.82, 2.24) is 24.8 Å². The highest BCUT2D eigenvalue weighted by molar-refractivity contribution is 6.29. The van der Waals surface area contributed by atoms with Crippen LogP contribution in [0.1, 0.15) is 0 Å². The molecule has 5 nitrogen and oxygen atoms in total. The molecule has 96 valence electrons. The zero-order chi connectivity index (χ0) is 13.5. The first-order chi connectivity index (χ1) is 9.81. The number of fused-ring (bicyclic) bond motifs is 2. The van der Waals surface area contributed by atoms with E-state index < -0.39 is 0 Å². The average Bonchev–Trinajstić information content (AvgIpc) is 2.89. The maximum Gasteiger partial charge on any atom is 0.185 e. The lowest BCUT2D eigenvalue weighted by Crippen LogP contribution is -1.95. The molecule has 6 heteroatoms. The van der Waals surface area contributed by atoms with Crippen molar-refractivity contribution in [3.63, 3.8) is 0 Å². The van der Waals surface area contributed by atoms with E-state index in [1.807, 2.05) is 30.3 Å². The van der Waals surface area contributed by atoms with Crippen molar-refractivity contribution < 1.29 is 0 Å². The molecule has 0 saturated heterocycles. The molecule has 0 radical (unpaired) electrons. The highest BCUT2D eigenvalue weighted by atomic mass is 35.5. The van der Waals surface area contributed by atoms with Crippen LogP contribution in [0.5, 0.6) is 0 Å². The summed E-state index contributed by atoms with van der Waals surface area (Å²) >= 11 is 5.93. The topological polar surface area (TPSA) is 56.0 Å². The Labute approximate surface area is 118 Å². The molecule has 20 heavy (non-hydrogen) atoms. The summed E-state index contributed by atoms with van der Waals surface area (Å²) in [7, 11) is 0. The maximum atomic E-state index is 5.93. The predicted molar refractivity (Wildman–Crippen MR) is 76.5 cm³/mol. The molecule has 0 spiro atoms. The van der Waals surface area contributed by atoms with Gasteiger partial charge < -0.3 is 0 Å². The molecule has 0 aliphatic heterocycles. The summed E-state index contributed by atoms with van der Waals surface area (Å²) in [5.74, 6) is 0.660. The monoisotopic (exact) mass is 281 g/mol. The van der Waals surface area contributed by atoms with Crippen LogP contribution < -0.4 is 0 Å². The Morgan fingerprint density at radius 2 is 1.95 bits per heavy atom. The van der Waals surface area contributed by atoms with Crippen molar-refractivity contribution in [2.24, 2.45) is 0 Å². The zero-order valence-corrected chi connectivity index (χ0v) is 11.0. The van der Waals surface area contributed by atoms with Crippen LogP contribution in [0, 0.1) is 0 Å². The van der Waals surface area contributed by atoms with Crippen LogP contribution in [-0.4, -0.2) is 24.8 Å². The molecule has 3 aromatic heterocycles. The van der Waals surface area contributed by atoms with Crippen LogP contribution in [0.15, 0.2) is 48.7 Å². The minimum absolute atomic E-state index is 0.404. The first-order valence-corrected chi connectivity index (χ1v) is 6.42. The Morgan fingerprint density at radius 3 is 2.90 bits per heavy atom. The summed E-state index contributed by atoms with van der Waals surface area (Å²) < 4.78 is 1.64. The number of rotatable bonds is 1. The summed E-state index contributed by atoms with van der Waals surface area (Å²) in [6.07, 6.45) is 1.77. The molecular weight excluding hydrogens is 274 g/mol. The number of benzene rings is 1. The smallest absolute Gasteiger partial charge is 0.185 e. The van der Waals surface area contributed by atoms with Crippen molar-refractivity contribution in [1.29, 1.82) is 0 Å². The van der Waals surface area contributed by atoms with E-state index >= 15 is 0 Å². The third kappa shape index (κ3) is 1.71. The van der Waals surface area contributed by atoms with Crippen molar-refractivity contribution in [2.75, 3.05) is 0 Å². The molecule has 4 rings (SSSR count). The Bertz CT molecular complexity index is 931. The van der Waals surface area contributed by atoms with Gasteiger partial charge in [-0.3, -0.25) is 4.98 Å². The quantitative estimate of drug-likeness (QED) is 0.538. The van der Waals surface area contributed by atoms with Gasteiger partial charge in [0, 0.05) is 17.1 Å². The van der Waals surface area contributed by atoms with Gasteiger partial charge in [0.2, 0.25) is 0 Å². The van der Waals surface area contributed by atoms with Gasteiger partial charge in [0.05, 0.1) is 5.52 Å². The van der Waals surface area contributed by atoms with Gasteiger partial charge in [-0.2, -0.15) is 9.61 Å². The van der Waals surface area contributed by atoms with Crippen molar-refractivity contribution in [3.05, 3.63) is 53.8 Å². The van der Waals surface area contributed by atoms with Crippen molar-refractivity contribution in [2.45, 2.75) is 0 Å². The molecule has 0 amide bonds. The first-order valence-electron chi connectivity index (χ1n) is 6.04. The molecule has 0 N–H and O–H groups in total. The van der Waals surface area contributed by atoms with E-state index in [4.69, 9.17) is 11.6 Å². The van der Waals surface area contributed by atoms with Gasteiger partial charge in [0.15, 0.2) is 11.5 Å². The average molecular weight is 282 g/mol. The number of halogens is 1. The molecule has 4 aromatic rings. The number of pyridine rings is 1. The summed E-state index contributed by atoms with van der Waals surface area (Å²) in [5.41, 5.74) is 2.53. The number of nitrogens with zero attached hydrogens (tertiary/aromatic N) is 5. The van der Waals surface area contributed by atoms with E-state index in [1.165, 1.54) is 0 Å². The summed E-state index contributed by atoms with van der Waals surface area (Å²) in [5, 5.41) is 14.0. The third-order valence-corrected chi connectivity index (χ3v) is 3.29. The molecule has 0 saturated carbocycles. The van der Waals surface area contributed by atoms with Crippen molar-refractivity contribution in [3.8, 4) is 11.4 Å². The van der Waals surface area contributed by atoms with E-state index in [1.54, 1.807) is 22.8 Å². The van der Waals surface area contributed by atoms with E-state index in [0.717, 1.165) is 16.5 Å². The molecule has 3 heterocycles. The Morgan fingerprint density at radius 1 is 1.00 bits per heavy atom. The second-order valence-corrected chi connectivity index (χ2v) is 4.75. The number of hydrogen-bond acceptors (Lipinski definition) is 4. The molecule has 0 unspecified atom stereocenters. The maximum absolute atomic E-state index is 5.93. The second-order valence-electron chi connectivity index (χ2n) is 4.36. The van der Waals surface area contributed by atoms with Gasteiger partial charge in [-0.1, -0.05) is 17.7 Å². The fourth-order valence-corrected chi connectivity index (χ4v) is 2.30. The molecule has 0 aliphatic rings. The largest absolute Gasteiger partial charge is 0.256 e. The van der Waals surface area contributed by atoms with Crippen LogP contribution in [0.25, 0.3) is 27.9 Å². The lowest BCUT2D eigenvalue weighted by molar-refractivity contribution is 0.936.